The van der Waals surface area contributed by atoms with Crippen molar-refractivity contribution in [2.75, 3.05) is 13.7 Å². The number of hydrogen-bond acceptors (Lipinski definition) is 6. The molecule has 0 unspecified atom stereocenters. The zero-order valence-corrected chi connectivity index (χ0v) is 23.0. The Morgan fingerprint density at radius 3 is 2.46 bits per heavy atom. The first-order valence-electron chi connectivity index (χ1n) is 10.7. The number of nitrogens with zero attached hydrogens (tertiary/aromatic N) is 1. The smallest absolute Gasteiger partial charge is 0.264 e. The van der Waals surface area contributed by atoms with E-state index in [-0.39, 0.29) is 5.91 Å². The topological polar surface area (TPSA) is 69.2 Å². The van der Waals surface area contributed by atoms with Crippen molar-refractivity contribution in [2.45, 2.75) is 13.5 Å². The van der Waals surface area contributed by atoms with E-state index in [1.807, 2.05) is 67.6 Å². The van der Waals surface area contributed by atoms with Crippen molar-refractivity contribution in [1.82, 2.24) is 5.32 Å². The van der Waals surface area contributed by atoms with Gasteiger partial charge in [-0.3, -0.25) is 4.79 Å². The molecule has 0 spiro atoms. The lowest BCUT2D eigenvalue weighted by molar-refractivity contribution is -0.115. The van der Waals surface area contributed by atoms with Crippen molar-refractivity contribution in [3.05, 3.63) is 85.6 Å². The third-order valence-electron chi connectivity index (χ3n) is 4.88. The number of ether oxygens (including phenoxy) is 3. The predicted molar refractivity (Wildman–Crippen MR) is 148 cm³/mol. The summed E-state index contributed by atoms with van der Waals surface area (Å²) in [5.41, 5.74) is 2.56. The number of thioether (sulfide) groups is 1. The maximum atomic E-state index is 12.5. The fraction of sp³-hybridized carbons (Fsp3) is 0.154. The molecule has 6 nitrogen and oxygen atoms in total. The average molecular weight is 618 g/mol. The highest BCUT2D eigenvalue weighted by atomic mass is 79.9. The Kier molecular flexibility index (Phi) is 8.54. The number of carbonyl (C=O) groups excluding carboxylic acids is 1. The minimum Gasteiger partial charge on any atom is -0.494 e. The molecule has 9 heteroatoms. The lowest BCUT2D eigenvalue weighted by Gasteiger charge is -2.14. The molecule has 1 aliphatic rings. The van der Waals surface area contributed by atoms with E-state index >= 15 is 0 Å². The Labute approximate surface area is 225 Å². The van der Waals surface area contributed by atoms with E-state index in [2.05, 4.69) is 42.2 Å². The molecule has 0 atom stereocenters. The molecule has 180 valence electrons. The van der Waals surface area contributed by atoms with E-state index in [1.54, 1.807) is 13.2 Å². The Morgan fingerprint density at radius 2 is 1.77 bits per heavy atom. The van der Waals surface area contributed by atoms with Crippen LogP contribution in [0.3, 0.4) is 0 Å². The second kappa shape index (κ2) is 11.8. The minimum atomic E-state index is -0.203. The molecule has 0 aliphatic carbocycles. The van der Waals surface area contributed by atoms with Crippen LogP contribution in [-0.4, -0.2) is 24.8 Å². The minimum absolute atomic E-state index is 0.203. The van der Waals surface area contributed by atoms with Gasteiger partial charge in [0, 0.05) is 4.47 Å². The maximum Gasteiger partial charge on any atom is 0.264 e. The molecule has 0 saturated carbocycles. The van der Waals surface area contributed by atoms with Crippen LogP contribution in [0.25, 0.3) is 6.08 Å². The zero-order valence-electron chi connectivity index (χ0n) is 19.0. The summed E-state index contributed by atoms with van der Waals surface area (Å²) >= 11 is 8.30. The summed E-state index contributed by atoms with van der Waals surface area (Å²) in [7, 11) is 1.59. The van der Waals surface area contributed by atoms with Crippen LogP contribution in [0.4, 0.5) is 5.69 Å². The summed E-state index contributed by atoms with van der Waals surface area (Å²) in [4.78, 5) is 17.6. The van der Waals surface area contributed by atoms with Crippen molar-refractivity contribution in [3.8, 4) is 17.2 Å². The normalized spacial score (nSPS) is 15.4. The number of methoxy groups -OCH3 is 1. The van der Waals surface area contributed by atoms with Gasteiger partial charge in [-0.25, -0.2) is 4.99 Å². The molecule has 1 saturated heterocycles. The van der Waals surface area contributed by atoms with Gasteiger partial charge in [0.2, 0.25) is 0 Å². The van der Waals surface area contributed by atoms with Gasteiger partial charge in [0.1, 0.15) is 12.4 Å². The Hall–Kier alpha value is -2.75. The number of carbonyl (C=O) groups is 1. The van der Waals surface area contributed by atoms with Gasteiger partial charge in [0.05, 0.1) is 28.8 Å². The maximum absolute atomic E-state index is 12.5. The summed E-state index contributed by atoms with van der Waals surface area (Å²) in [5, 5.41) is 3.33. The van der Waals surface area contributed by atoms with E-state index in [9.17, 15) is 4.79 Å². The molecular formula is C26H22Br2N2O4S. The number of benzene rings is 3. The SMILES string of the molecule is CCOc1ccc(N=C2NC(=O)/C(=C\c3cc(Br)c(OCc4ccc(Br)cc4)c(OC)c3)S2)cc1. The third-order valence-corrected chi connectivity index (χ3v) is 6.90. The molecule has 1 heterocycles. The highest BCUT2D eigenvalue weighted by molar-refractivity contribution is 9.10. The van der Waals surface area contributed by atoms with Crippen molar-refractivity contribution in [1.29, 1.82) is 0 Å². The molecule has 0 aromatic heterocycles. The van der Waals surface area contributed by atoms with Crippen LogP contribution in [0.5, 0.6) is 17.2 Å². The second-order valence-corrected chi connectivity index (χ2v) is 10.2. The first-order valence-corrected chi connectivity index (χ1v) is 13.1. The quantitative estimate of drug-likeness (QED) is 0.273. The van der Waals surface area contributed by atoms with Gasteiger partial charge in [-0.2, -0.15) is 0 Å². The molecule has 1 fully saturated rings. The fourth-order valence-corrected chi connectivity index (χ4v) is 4.91. The Bertz CT molecular complexity index is 1280. The van der Waals surface area contributed by atoms with Crippen LogP contribution < -0.4 is 19.5 Å². The summed E-state index contributed by atoms with van der Waals surface area (Å²) in [6.45, 7) is 2.94. The first kappa shape index (κ1) is 25.3. The van der Waals surface area contributed by atoms with Crippen LogP contribution in [-0.2, 0) is 11.4 Å². The van der Waals surface area contributed by atoms with Crippen molar-refractivity contribution >= 4 is 66.5 Å². The summed E-state index contributed by atoms with van der Waals surface area (Å²) in [5.74, 6) is 1.74. The van der Waals surface area contributed by atoms with Crippen molar-refractivity contribution < 1.29 is 19.0 Å². The van der Waals surface area contributed by atoms with Gasteiger partial charge in [-0.05, 0) is 100 Å². The molecule has 0 radical (unpaired) electrons. The van der Waals surface area contributed by atoms with Crippen molar-refractivity contribution in [2.24, 2.45) is 4.99 Å². The highest BCUT2D eigenvalue weighted by Crippen LogP contribution is 2.39. The third kappa shape index (κ3) is 6.68. The summed E-state index contributed by atoms with van der Waals surface area (Å²) in [6, 6.07) is 19.1. The van der Waals surface area contributed by atoms with Gasteiger partial charge in [0.25, 0.3) is 5.91 Å². The van der Waals surface area contributed by atoms with Gasteiger partial charge >= 0.3 is 0 Å². The summed E-state index contributed by atoms with van der Waals surface area (Å²) < 4.78 is 18.8. The Morgan fingerprint density at radius 1 is 1.03 bits per heavy atom. The first-order chi connectivity index (χ1) is 16.9. The lowest BCUT2D eigenvalue weighted by Crippen LogP contribution is -2.19. The molecule has 1 aliphatic heterocycles. The van der Waals surface area contributed by atoms with Gasteiger partial charge in [-0.1, -0.05) is 28.1 Å². The molecule has 4 rings (SSSR count). The summed E-state index contributed by atoms with van der Waals surface area (Å²) in [6.07, 6.45) is 1.80. The number of amidine groups is 1. The van der Waals surface area contributed by atoms with Gasteiger partial charge in [0.15, 0.2) is 16.7 Å². The Balaban J connectivity index is 1.49. The lowest BCUT2D eigenvalue weighted by atomic mass is 10.2. The monoisotopic (exact) mass is 616 g/mol. The van der Waals surface area contributed by atoms with Crippen molar-refractivity contribution in [3.63, 3.8) is 0 Å². The second-order valence-electron chi connectivity index (χ2n) is 7.36. The van der Waals surface area contributed by atoms with E-state index < -0.39 is 0 Å². The standard InChI is InChI=1S/C26H22Br2N2O4S/c1-3-33-20-10-8-19(9-11-20)29-26-30-25(31)23(35-26)14-17-12-21(28)24(22(13-17)32-2)34-15-16-4-6-18(27)7-5-16/h4-14H,3,15H2,1-2H3,(H,29,30,31)/b23-14+. The van der Waals surface area contributed by atoms with Crippen LogP contribution in [0, 0.1) is 0 Å². The largest absolute Gasteiger partial charge is 0.494 e. The molecule has 1 N–H and O–H groups in total. The number of nitrogens with one attached hydrogen (secondary N) is 1. The van der Waals surface area contributed by atoms with Crippen LogP contribution in [0.15, 0.2) is 79.5 Å². The van der Waals surface area contributed by atoms with E-state index in [0.29, 0.717) is 34.8 Å². The van der Waals surface area contributed by atoms with E-state index in [4.69, 9.17) is 14.2 Å². The highest BCUT2D eigenvalue weighted by Gasteiger charge is 2.24. The molecule has 0 bridgehead atoms. The molecule has 1 amide bonds. The van der Waals surface area contributed by atoms with Crippen LogP contribution >= 0.6 is 43.6 Å². The number of rotatable bonds is 8. The number of aliphatic imine (C=N–C) groups is 1. The zero-order chi connectivity index (χ0) is 24.8. The fourth-order valence-electron chi connectivity index (χ4n) is 3.23. The van der Waals surface area contributed by atoms with Gasteiger partial charge < -0.3 is 19.5 Å². The predicted octanol–water partition coefficient (Wildman–Crippen LogP) is 7.09. The number of hydrogen-bond donors (Lipinski definition) is 1. The van der Waals surface area contributed by atoms with Crippen LogP contribution in [0.1, 0.15) is 18.1 Å². The molecule has 3 aromatic rings. The average Bonchev–Trinajstić information content (AvgIpc) is 3.18. The molecule has 35 heavy (non-hydrogen) atoms. The molecule has 3 aromatic carbocycles. The molecular weight excluding hydrogens is 596 g/mol. The number of amides is 1. The van der Waals surface area contributed by atoms with Crippen LogP contribution in [0.2, 0.25) is 0 Å². The number of halogens is 2. The van der Waals surface area contributed by atoms with E-state index in [1.165, 1.54) is 11.8 Å². The van der Waals surface area contributed by atoms with Gasteiger partial charge in [-0.15, -0.1) is 0 Å². The van der Waals surface area contributed by atoms with E-state index in [0.717, 1.165) is 31.5 Å².